The fourth-order valence-corrected chi connectivity index (χ4v) is 3.33. The summed E-state index contributed by atoms with van der Waals surface area (Å²) in [6, 6.07) is 9.85. The number of benzene rings is 1. The van der Waals surface area contributed by atoms with Crippen molar-refractivity contribution in [3.05, 3.63) is 59.3 Å². The van der Waals surface area contributed by atoms with Crippen molar-refractivity contribution in [3.63, 3.8) is 0 Å². The first-order valence-electron chi connectivity index (χ1n) is 9.12. The number of aromatic nitrogens is 5. The first kappa shape index (κ1) is 18.1. The van der Waals surface area contributed by atoms with Crippen LogP contribution in [0.25, 0.3) is 16.7 Å². The summed E-state index contributed by atoms with van der Waals surface area (Å²) >= 11 is 0. The zero-order valence-electron chi connectivity index (χ0n) is 16.1. The Bertz CT molecular complexity index is 1160. The summed E-state index contributed by atoms with van der Waals surface area (Å²) in [5, 5.41) is 18.9. The topological polar surface area (TPSA) is 89.8 Å². The number of aliphatic hydroxyl groups excluding tert-OH is 1. The van der Waals surface area contributed by atoms with E-state index in [0.717, 1.165) is 39.2 Å². The minimum absolute atomic E-state index is 0.0570. The smallest absolute Gasteiger partial charge is 0.192 e. The highest BCUT2D eigenvalue weighted by atomic mass is 16.6. The number of aliphatic hydroxyl groups is 1. The molecule has 4 aromatic rings. The highest BCUT2D eigenvalue weighted by Crippen LogP contribution is 2.26. The summed E-state index contributed by atoms with van der Waals surface area (Å²) in [6.45, 7) is 6.67. The lowest BCUT2D eigenvalue weighted by atomic mass is 10.1. The van der Waals surface area contributed by atoms with Crippen LogP contribution in [0.5, 0.6) is 0 Å². The Kier molecular flexibility index (Phi) is 4.79. The molecule has 0 saturated heterocycles. The van der Waals surface area contributed by atoms with Crippen LogP contribution in [-0.2, 0) is 18.0 Å². The number of aryl methyl sites for hydroxylation is 1. The molecule has 0 unspecified atom stereocenters. The van der Waals surface area contributed by atoms with Gasteiger partial charge in [0.05, 0.1) is 17.7 Å². The SMILES string of the molecule is C/C(=N/OCc1nc2c3c(C)c(C)n(CCO)c3ncn2n1)c1ccccc1. The van der Waals surface area contributed by atoms with Crippen molar-refractivity contribution in [3.8, 4) is 0 Å². The molecule has 0 bridgehead atoms. The first-order chi connectivity index (χ1) is 13.6. The normalized spacial score (nSPS) is 12.2. The lowest BCUT2D eigenvalue weighted by Gasteiger charge is -2.04. The summed E-state index contributed by atoms with van der Waals surface area (Å²) < 4.78 is 3.66. The van der Waals surface area contributed by atoms with Crippen LogP contribution in [0.3, 0.4) is 0 Å². The molecular formula is C20H22N6O2. The Morgan fingerprint density at radius 1 is 1.18 bits per heavy atom. The highest BCUT2D eigenvalue weighted by molar-refractivity contribution is 5.98. The van der Waals surface area contributed by atoms with Gasteiger partial charge in [0, 0.05) is 12.2 Å². The molecule has 144 valence electrons. The molecule has 1 aromatic carbocycles. The minimum atomic E-state index is 0.0570. The zero-order valence-corrected chi connectivity index (χ0v) is 16.1. The van der Waals surface area contributed by atoms with E-state index in [1.807, 2.05) is 55.7 Å². The largest absolute Gasteiger partial charge is 0.395 e. The number of hydrogen-bond acceptors (Lipinski definition) is 6. The molecule has 0 aliphatic carbocycles. The molecule has 3 aromatic heterocycles. The maximum absolute atomic E-state index is 9.34. The number of oxime groups is 1. The second-order valence-corrected chi connectivity index (χ2v) is 6.64. The van der Waals surface area contributed by atoms with Crippen molar-refractivity contribution >= 4 is 22.4 Å². The Labute approximate surface area is 162 Å². The predicted molar refractivity (Wildman–Crippen MR) is 106 cm³/mol. The Hall–Kier alpha value is -3.26. The fourth-order valence-electron chi connectivity index (χ4n) is 3.33. The molecule has 8 nitrogen and oxygen atoms in total. The van der Waals surface area contributed by atoms with E-state index < -0.39 is 0 Å². The standard InChI is InChI=1S/C20H22N6O2/c1-13-15(3)25(9-10-27)19-18(13)20-22-17(23-26(20)12-21-19)11-28-24-14(2)16-7-5-4-6-8-16/h4-8,12,27H,9-11H2,1-3H3/b24-14-. The summed E-state index contributed by atoms with van der Waals surface area (Å²) in [7, 11) is 0. The van der Waals surface area contributed by atoms with E-state index in [1.165, 1.54) is 0 Å². The Morgan fingerprint density at radius 2 is 1.96 bits per heavy atom. The third kappa shape index (κ3) is 3.11. The molecule has 8 heteroatoms. The second kappa shape index (κ2) is 7.40. The summed E-state index contributed by atoms with van der Waals surface area (Å²) in [6.07, 6.45) is 1.64. The van der Waals surface area contributed by atoms with Crippen LogP contribution in [0.1, 0.15) is 29.6 Å². The van der Waals surface area contributed by atoms with Gasteiger partial charge < -0.3 is 14.5 Å². The van der Waals surface area contributed by atoms with Crippen molar-refractivity contribution in [1.29, 1.82) is 0 Å². The van der Waals surface area contributed by atoms with Gasteiger partial charge in [-0.3, -0.25) is 0 Å². The predicted octanol–water partition coefficient (Wildman–Crippen LogP) is 2.63. The molecule has 4 rings (SSSR count). The van der Waals surface area contributed by atoms with Crippen molar-refractivity contribution in [2.24, 2.45) is 5.16 Å². The third-order valence-corrected chi connectivity index (χ3v) is 4.90. The molecular weight excluding hydrogens is 356 g/mol. The van der Waals surface area contributed by atoms with Gasteiger partial charge in [-0.25, -0.2) is 14.5 Å². The van der Waals surface area contributed by atoms with Crippen molar-refractivity contribution in [2.75, 3.05) is 6.61 Å². The maximum Gasteiger partial charge on any atom is 0.192 e. The van der Waals surface area contributed by atoms with Crippen LogP contribution in [0.4, 0.5) is 0 Å². The molecule has 0 atom stereocenters. The van der Waals surface area contributed by atoms with Crippen LogP contribution in [0.15, 0.2) is 41.8 Å². The van der Waals surface area contributed by atoms with Gasteiger partial charge in [0.15, 0.2) is 18.1 Å². The Balaban J connectivity index is 1.63. The molecule has 1 N–H and O–H groups in total. The molecule has 0 fully saturated rings. The number of hydrogen-bond donors (Lipinski definition) is 1. The van der Waals surface area contributed by atoms with Crippen molar-refractivity contribution < 1.29 is 9.94 Å². The maximum atomic E-state index is 9.34. The van der Waals surface area contributed by atoms with E-state index in [9.17, 15) is 5.11 Å². The average molecular weight is 378 g/mol. The average Bonchev–Trinajstić information content (AvgIpc) is 3.23. The number of fused-ring (bicyclic) bond motifs is 3. The molecule has 0 aliphatic heterocycles. The molecule has 28 heavy (non-hydrogen) atoms. The summed E-state index contributed by atoms with van der Waals surface area (Å²) in [5.74, 6) is 0.533. The van der Waals surface area contributed by atoms with E-state index >= 15 is 0 Å². The van der Waals surface area contributed by atoms with E-state index in [2.05, 4.69) is 20.2 Å². The van der Waals surface area contributed by atoms with Crippen molar-refractivity contribution in [2.45, 2.75) is 33.9 Å². The van der Waals surface area contributed by atoms with Gasteiger partial charge in [0.2, 0.25) is 0 Å². The molecule has 0 amide bonds. The molecule has 0 spiro atoms. The van der Waals surface area contributed by atoms with Crippen LogP contribution in [0, 0.1) is 13.8 Å². The number of nitrogens with zero attached hydrogens (tertiary/aromatic N) is 6. The van der Waals surface area contributed by atoms with Crippen LogP contribution in [-0.4, -0.2) is 41.6 Å². The van der Waals surface area contributed by atoms with E-state index in [-0.39, 0.29) is 13.2 Å². The highest BCUT2D eigenvalue weighted by Gasteiger charge is 2.17. The fraction of sp³-hybridized carbons (Fsp3) is 0.300. The van der Waals surface area contributed by atoms with Gasteiger partial charge in [-0.2, -0.15) is 0 Å². The zero-order chi connectivity index (χ0) is 19.7. The molecule has 0 aliphatic rings. The summed E-state index contributed by atoms with van der Waals surface area (Å²) in [5.41, 5.74) is 5.47. The van der Waals surface area contributed by atoms with Crippen LogP contribution >= 0.6 is 0 Å². The first-order valence-corrected chi connectivity index (χ1v) is 9.12. The number of rotatable bonds is 6. The van der Waals surface area contributed by atoms with Crippen LogP contribution in [0.2, 0.25) is 0 Å². The lowest BCUT2D eigenvalue weighted by molar-refractivity contribution is 0.125. The quantitative estimate of drug-likeness (QED) is 0.411. The van der Waals surface area contributed by atoms with Crippen molar-refractivity contribution in [1.82, 2.24) is 24.1 Å². The van der Waals surface area contributed by atoms with Crippen LogP contribution < -0.4 is 0 Å². The third-order valence-electron chi connectivity index (χ3n) is 4.90. The van der Waals surface area contributed by atoms with E-state index in [0.29, 0.717) is 12.4 Å². The lowest BCUT2D eigenvalue weighted by Crippen LogP contribution is -2.05. The monoisotopic (exact) mass is 378 g/mol. The molecule has 0 radical (unpaired) electrons. The van der Waals surface area contributed by atoms with E-state index in [1.54, 1.807) is 10.8 Å². The minimum Gasteiger partial charge on any atom is -0.395 e. The van der Waals surface area contributed by atoms with Gasteiger partial charge in [-0.1, -0.05) is 35.5 Å². The van der Waals surface area contributed by atoms with Gasteiger partial charge in [0.25, 0.3) is 0 Å². The molecule has 0 saturated carbocycles. The second-order valence-electron chi connectivity index (χ2n) is 6.64. The van der Waals surface area contributed by atoms with Gasteiger partial charge in [-0.15, -0.1) is 5.10 Å². The molecule has 3 heterocycles. The summed E-state index contributed by atoms with van der Waals surface area (Å²) in [4.78, 5) is 14.6. The van der Waals surface area contributed by atoms with Gasteiger partial charge in [-0.05, 0) is 31.9 Å². The van der Waals surface area contributed by atoms with Gasteiger partial charge in [0.1, 0.15) is 12.0 Å². The Morgan fingerprint density at radius 3 is 2.71 bits per heavy atom. The van der Waals surface area contributed by atoms with E-state index in [4.69, 9.17) is 4.84 Å². The van der Waals surface area contributed by atoms with Gasteiger partial charge >= 0.3 is 0 Å².